The second kappa shape index (κ2) is 26.9. The number of benzene rings is 1. The molecule has 1 rings (SSSR count). The van der Waals surface area contributed by atoms with Crippen molar-refractivity contribution in [3.63, 3.8) is 0 Å². The van der Waals surface area contributed by atoms with Gasteiger partial charge in [-0.1, -0.05) is 30.3 Å². The minimum atomic E-state index is -0.900. The van der Waals surface area contributed by atoms with E-state index in [9.17, 15) is 14.4 Å². The van der Waals surface area contributed by atoms with Crippen LogP contribution in [0.25, 0.3) is 0 Å². The van der Waals surface area contributed by atoms with Gasteiger partial charge in [-0.25, -0.2) is 4.79 Å². The first-order valence-electron chi connectivity index (χ1n) is 14.9. The van der Waals surface area contributed by atoms with Crippen LogP contribution in [0.4, 0.5) is 0 Å². The lowest BCUT2D eigenvalue weighted by atomic mass is 10.1. The number of carbonyl (C=O) groups excluding carboxylic acids is 3. The molecule has 0 aliphatic rings. The first-order chi connectivity index (χ1) is 21.3. The normalized spacial score (nSPS) is 11.4. The van der Waals surface area contributed by atoms with E-state index in [0.717, 1.165) is 0 Å². The Morgan fingerprint density at radius 1 is 0.500 bits per heavy atom. The molecule has 1 aromatic rings. The minimum Gasteiger partial charge on any atom is -0.460 e. The molecule has 0 atom stereocenters. The van der Waals surface area contributed by atoms with Crippen molar-refractivity contribution in [1.29, 1.82) is 0 Å². The maximum atomic E-state index is 11.9. The Balaban J connectivity index is 1.71. The van der Waals surface area contributed by atoms with Crippen LogP contribution in [0.2, 0.25) is 0 Å². The standard InChI is InChI=1S/C31H50O13/c1-31(2,3)44-28(32)9-10-35-11-12-36-13-14-37-15-16-38-17-18-39-19-20-40-21-22-41-23-24-42-25-26-43-30(34)29(33)27-7-5-4-6-8-27/h4-8H,9-26H2,1-3H3. The summed E-state index contributed by atoms with van der Waals surface area (Å²) < 4.78 is 53.3. The zero-order valence-corrected chi connectivity index (χ0v) is 26.4. The highest BCUT2D eigenvalue weighted by atomic mass is 16.6. The minimum absolute atomic E-state index is 0.00594. The van der Waals surface area contributed by atoms with Gasteiger partial charge in [0.2, 0.25) is 0 Å². The summed E-state index contributed by atoms with van der Waals surface area (Å²) >= 11 is 0. The van der Waals surface area contributed by atoms with Crippen molar-refractivity contribution in [2.45, 2.75) is 32.8 Å². The van der Waals surface area contributed by atoms with Crippen LogP contribution in [-0.2, 0) is 57.0 Å². The predicted molar refractivity (Wildman–Crippen MR) is 159 cm³/mol. The molecule has 44 heavy (non-hydrogen) atoms. The maximum Gasteiger partial charge on any atom is 0.379 e. The molecule has 0 amide bonds. The average Bonchev–Trinajstić information content (AvgIpc) is 2.99. The third-order valence-electron chi connectivity index (χ3n) is 5.16. The summed E-state index contributed by atoms with van der Waals surface area (Å²) in [4.78, 5) is 35.1. The van der Waals surface area contributed by atoms with Gasteiger partial charge in [0.15, 0.2) is 0 Å². The first-order valence-corrected chi connectivity index (χ1v) is 14.9. The zero-order valence-electron chi connectivity index (χ0n) is 26.4. The Morgan fingerprint density at radius 3 is 1.20 bits per heavy atom. The summed E-state index contributed by atoms with van der Waals surface area (Å²) in [5.74, 6) is -1.85. The average molecular weight is 631 g/mol. The van der Waals surface area contributed by atoms with Crippen molar-refractivity contribution in [3.05, 3.63) is 35.9 Å². The highest BCUT2D eigenvalue weighted by Gasteiger charge is 2.17. The van der Waals surface area contributed by atoms with E-state index in [4.69, 9.17) is 47.4 Å². The number of ketones is 1. The summed E-state index contributed by atoms with van der Waals surface area (Å²) in [7, 11) is 0. The zero-order chi connectivity index (χ0) is 32.1. The summed E-state index contributed by atoms with van der Waals surface area (Å²) in [6.07, 6.45) is 0.223. The molecule has 13 heteroatoms. The van der Waals surface area contributed by atoms with Crippen LogP contribution in [0.5, 0.6) is 0 Å². The molecule has 0 aliphatic heterocycles. The fraction of sp³-hybridized carbons (Fsp3) is 0.710. The second-order valence-electron chi connectivity index (χ2n) is 10.1. The van der Waals surface area contributed by atoms with E-state index < -0.39 is 17.4 Å². The molecular weight excluding hydrogens is 580 g/mol. The largest absolute Gasteiger partial charge is 0.460 e. The topological polar surface area (TPSA) is 144 Å². The smallest absolute Gasteiger partial charge is 0.379 e. The van der Waals surface area contributed by atoms with E-state index in [-0.39, 0.29) is 25.6 Å². The summed E-state index contributed by atoms with van der Waals surface area (Å²) in [5.41, 5.74) is -0.188. The van der Waals surface area contributed by atoms with Gasteiger partial charge < -0.3 is 47.4 Å². The van der Waals surface area contributed by atoms with Crippen LogP contribution >= 0.6 is 0 Å². The fourth-order valence-electron chi connectivity index (χ4n) is 3.16. The van der Waals surface area contributed by atoms with Crippen molar-refractivity contribution in [2.24, 2.45) is 0 Å². The van der Waals surface area contributed by atoms with Crippen LogP contribution in [0.15, 0.2) is 30.3 Å². The van der Waals surface area contributed by atoms with Gasteiger partial charge in [0, 0.05) is 5.56 Å². The number of Topliss-reactive ketones (excluding diaryl/α,β-unsaturated/α-hetero) is 1. The molecule has 0 aliphatic carbocycles. The molecule has 0 bridgehead atoms. The lowest BCUT2D eigenvalue weighted by molar-refractivity contribution is -0.156. The van der Waals surface area contributed by atoms with E-state index in [1.54, 1.807) is 30.3 Å². The van der Waals surface area contributed by atoms with Crippen LogP contribution in [0, 0.1) is 0 Å². The number of rotatable bonds is 29. The van der Waals surface area contributed by atoms with Crippen molar-refractivity contribution >= 4 is 17.7 Å². The van der Waals surface area contributed by atoms with Gasteiger partial charge in [-0.3, -0.25) is 9.59 Å². The SMILES string of the molecule is CC(C)(C)OC(=O)CCOCCOCCOCCOCCOCCOCCOCCOCCOC(=O)C(=O)c1ccccc1. The number of hydrogen-bond acceptors (Lipinski definition) is 13. The van der Waals surface area contributed by atoms with Crippen LogP contribution in [0.1, 0.15) is 37.6 Å². The molecule has 0 heterocycles. The van der Waals surface area contributed by atoms with E-state index in [1.165, 1.54) is 0 Å². The molecule has 0 fully saturated rings. The van der Waals surface area contributed by atoms with Crippen LogP contribution < -0.4 is 0 Å². The summed E-state index contributed by atoms with van der Waals surface area (Å²) in [5, 5.41) is 0. The number of hydrogen-bond donors (Lipinski definition) is 0. The van der Waals surface area contributed by atoms with E-state index in [1.807, 2.05) is 20.8 Å². The summed E-state index contributed by atoms with van der Waals surface area (Å²) in [6, 6.07) is 8.24. The number of ether oxygens (including phenoxy) is 10. The Bertz CT molecular complexity index is 858. The van der Waals surface area contributed by atoms with Gasteiger partial charge >= 0.3 is 11.9 Å². The molecule has 1 aromatic carbocycles. The van der Waals surface area contributed by atoms with E-state index >= 15 is 0 Å². The molecule has 13 nitrogen and oxygen atoms in total. The number of carbonyl (C=O) groups is 3. The lowest BCUT2D eigenvalue weighted by Crippen LogP contribution is -2.24. The molecule has 0 unspecified atom stereocenters. The van der Waals surface area contributed by atoms with Crippen molar-refractivity contribution in [1.82, 2.24) is 0 Å². The Labute approximate surface area is 260 Å². The monoisotopic (exact) mass is 630 g/mol. The third-order valence-corrected chi connectivity index (χ3v) is 5.16. The highest BCUT2D eigenvalue weighted by molar-refractivity contribution is 6.40. The number of esters is 2. The molecule has 0 radical (unpaired) electrons. The molecule has 0 spiro atoms. The van der Waals surface area contributed by atoms with Gasteiger partial charge in [0.05, 0.1) is 112 Å². The molecule has 0 saturated carbocycles. The Morgan fingerprint density at radius 2 is 0.841 bits per heavy atom. The van der Waals surface area contributed by atoms with E-state index in [2.05, 4.69) is 0 Å². The Kier molecular flexibility index (Phi) is 24.1. The lowest BCUT2D eigenvalue weighted by Gasteiger charge is -2.19. The Hall–Kier alpha value is -2.49. The van der Waals surface area contributed by atoms with Crippen molar-refractivity contribution in [2.75, 3.05) is 112 Å². The molecule has 0 N–H and O–H groups in total. The summed E-state index contributed by atoms with van der Waals surface area (Å²) in [6.45, 7) is 12.0. The van der Waals surface area contributed by atoms with Gasteiger partial charge in [0.1, 0.15) is 12.2 Å². The van der Waals surface area contributed by atoms with Gasteiger partial charge in [0.25, 0.3) is 5.78 Å². The highest BCUT2D eigenvalue weighted by Crippen LogP contribution is 2.08. The third kappa shape index (κ3) is 24.9. The predicted octanol–water partition coefficient (Wildman–Crippen LogP) is 2.28. The molecular formula is C31H50O13. The van der Waals surface area contributed by atoms with E-state index in [0.29, 0.717) is 105 Å². The molecule has 0 aromatic heterocycles. The second-order valence-corrected chi connectivity index (χ2v) is 10.1. The molecule has 0 saturated heterocycles. The molecule has 252 valence electrons. The first kappa shape index (κ1) is 39.5. The van der Waals surface area contributed by atoms with Crippen molar-refractivity contribution in [3.8, 4) is 0 Å². The van der Waals surface area contributed by atoms with Gasteiger partial charge in [-0.15, -0.1) is 0 Å². The maximum absolute atomic E-state index is 11.9. The quantitative estimate of drug-likeness (QED) is 0.0553. The van der Waals surface area contributed by atoms with Gasteiger partial charge in [-0.2, -0.15) is 0 Å². The van der Waals surface area contributed by atoms with Crippen LogP contribution in [-0.4, -0.2) is 136 Å². The van der Waals surface area contributed by atoms with Gasteiger partial charge in [-0.05, 0) is 20.8 Å². The van der Waals surface area contributed by atoms with Crippen LogP contribution in [0.3, 0.4) is 0 Å². The fourth-order valence-corrected chi connectivity index (χ4v) is 3.16. The van der Waals surface area contributed by atoms with Crippen molar-refractivity contribution < 1.29 is 61.8 Å².